The van der Waals surface area contributed by atoms with E-state index in [1.807, 2.05) is 24.7 Å². The zero-order chi connectivity index (χ0) is 17.9. The lowest BCUT2D eigenvalue weighted by atomic mass is 9.95. The molecular formula is C21H25N5. The number of anilines is 1. The molecule has 1 aliphatic rings. The fourth-order valence-corrected chi connectivity index (χ4v) is 3.89. The van der Waals surface area contributed by atoms with Gasteiger partial charge in [0, 0.05) is 60.9 Å². The Labute approximate surface area is 154 Å². The van der Waals surface area contributed by atoms with Gasteiger partial charge < -0.3 is 9.47 Å². The topological polar surface area (TPSA) is 46.8 Å². The SMILES string of the molecule is Cc1cc(N2CCC(c3nccn3Cc3cccnc3)CC2)cc(C)n1. The summed E-state index contributed by atoms with van der Waals surface area (Å²) in [6.07, 6.45) is 10.0. The van der Waals surface area contributed by atoms with Crippen molar-refractivity contribution >= 4 is 5.69 Å². The van der Waals surface area contributed by atoms with E-state index in [2.05, 4.69) is 62.7 Å². The zero-order valence-corrected chi connectivity index (χ0v) is 15.5. The molecule has 0 radical (unpaired) electrons. The monoisotopic (exact) mass is 347 g/mol. The molecule has 1 fully saturated rings. The highest BCUT2D eigenvalue weighted by Gasteiger charge is 2.24. The van der Waals surface area contributed by atoms with Crippen LogP contribution < -0.4 is 4.90 Å². The van der Waals surface area contributed by atoms with Crippen molar-refractivity contribution in [2.45, 2.75) is 39.2 Å². The minimum Gasteiger partial charge on any atom is -0.371 e. The highest BCUT2D eigenvalue weighted by molar-refractivity contribution is 5.48. The van der Waals surface area contributed by atoms with Gasteiger partial charge in [-0.25, -0.2) is 4.98 Å². The normalized spacial score (nSPS) is 15.4. The fraction of sp³-hybridized carbons (Fsp3) is 0.381. The van der Waals surface area contributed by atoms with Gasteiger partial charge >= 0.3 is 0 Å². The first-order valence-electron chi connectivity index (χ1n) is 9.29. The minimum absolute atomic E-state index is 0.516. The summed E-state index contributed by atoms with van der Waals surface area (Å²) in [5.74, 6) is 1.72. The van der Waals surface area contributed by atoms with Gasteiger partial charge in [-0.2, -0.15) is 0 Å². The maximum atomic E-state index is 4.68. The van der Waals surface area contributed by atoms with Gasteiger partial charge in [-0.15, -0.1) is 0 Å². The predicted octanol–water partition coefficient (Wildman–Crippen LogP) is 3.72. The van der Waals surface area contributed by atoms with Crippen molar-refractivity contribution in [1.29, 1.82) is 0 Å². The van der Waals surface area contributed by atoms with E-state index in [1.54, 1.807) is 0 Å². The number of hydrogen-bond donors (Lipinski definition) is 0. The van der Waals surface area contributed by atoms with E-state index in [1.165, 1.54) is 17.1 Å². The maximum absolute atomic E-state index is 4.68. The van der Waals surface area contributed by atoms with Crippen LogP contribution in [0.1, 0.15) is 41.5 Å². The molecule has 1 saturated heterocycles. The first-order valence-corrected chi connectivity index (χ1v) is 9.29. The lowest BCUT2D eigenvalue weighted by Gasteiger charge is -2.33. The minimum atomic E-state index is 0.516. The van der Waals surface area contributed by atoms with Gasteiger partial charge in [-0.05, 0) is 50.5 Å². The molecule has 134 valence electrons. The molecule has 26 heavy (non-hydrogen) atoms. The van der Waals surface area contributed by atoms with E-state index in [4.69, 9.17) is 0 Å². The Morgan fingerprint density at radius 3 is 2.54 bits per heavy atom. The molecule has 0 aromatic carbocycles. The third-order valence-corrected chi connectivity index (χ3v) is 5.11. The largest absolute Gasteiger partial charge is 0.371 e. The van der Waals surface area contributed by atoms with Gasteiger partial charge in [0.15, 0.2) is 0 Å². The molecule has 3 aromatic rings. The number of aryl methyl sites for hydroxylation is 2. The van der Waals surface area contributed by atoms with Crippen molar-refractivity contribution < 1.29 is 0 Å². The van der Waals surface area contributed by atoms with Crippen LogP contribution in [-0.2, 0) is 6.54 Å². The number of piperidine rings is 1. The quantitative estimate of drug-likeness (QED) is 0.722. The molecule has 5 nitrogen and oxygen atoms in total. The smallest absolute Gasteiger partial charge is 0.112 e. The van der Waals surface area contributed by atoms with Gasteiger partial charge in [-0.1, -0.05) is 6.07 Å². The van der Waals surface area contributed by atoms with Gasteiger partial charge in [0.25, 0.3) is 0 Å². The molecule has 0 saturated carbocycles. The molecule has 0 spiro atoms. The summed E-state index contributed by atoms with van der Waals surface area (Å²) in [5.41, 5.74) is 4.70. The summed E-state index contributed by atoms with van der Waals surface area (Å²) < 4.78 is 2.28. The first-order chi connectivity index (χ1) is 12.7. The zero-order valence-electron chi connectivity index (χ0n) is 15.5. The van der Waals surface area contributed by atoms with Crippen molar-refractivity contribution in [2.75, 3.05) is 18.0 Å². The van der Waals surface area contributed by atoms with Crippen LogP contribution in [0, 0.1) is 13.8 Å². The van der Waals surface area contributed by atoms with Crippen LogP contribution in [0.25, 0.3) is 0 Å². The predicted molar refractivity (Wildman–Crippen MR) is 103 cm³/mol. The van der Waals surface area contributed by atoms with Gasteiger partial charge in [-0.3, -0.25) is 9.97 Å². The van der Waals surface area contributed by atoms with Crippen LogP contribution in [0.15, 0.2) is 49.1 Å². The summed E-state index contributed by atoms with van der Waals surface area (Å²) in [6.45, 7) is 7.10. The Morgan fingerprint density at radius 1 is 1.08 bits per heavy atom. The highest BCUT2D eigenvalue weighted by Crippen LogP contribution is 2.30. The van der Waals surface area contributed by atoms with E-state index in [0.29, 0.717) is 5.92 Å². The maximum Gasteiger partial charge on any atom is 0.112 e. The summed E-state index contributed by atoms with van der Waals surface area (Å²) in [4.78, 5) is 15.9. The molecule has 3 aromatic heterocycles. The Balaban J connectivity index is 1.45. The van der Waals surface area contributed by atoms with Crippen LogP contribution in [0.4, 0.5) is 5.69 Å². The second kappa shape index (κ2) is 7.28. The second-order valence-corrected chi connectivity index (χ2v) is 7.14. The summed E-state index contributed by atoms with van der Waals surface area (Å²) in [7, 11) is 0. The molecule has 5 heteroatoms. The standard InChI is InChI=1S/C21H25N5/c1-16-12-20(13-17(2)24-16)25-9-5-19(6-10-25)21-23-8-11-26(21)15-18-4-3-7-22-14-18/h3-4,7-8,11-14,19H,5-6,9-10,15H2,1-2H3. The lowest BCUT2D eigenvalue weighted by Crippen LogP contribution is -2.33. The Morgan fingerprint density at radius 2 is 1.85 bits per heavy atom. The van der Waals surface area contributed by atoms with Gasteiger partial charge in [0.2, 0.25) is 0 Å². The molecule has 0 N–H and O–H groups in total. The number of hydrogen-bond acceptors (Lipinski definition) is 4. The Kier molecular flexibility index (Phi) is 4.69. The average molecular weight is 347 g/mol. The third kappa shape index (κ3) is 3.62. The number of aromatic nitrogens is 4. The molecule has 0 amide bonds. The summed E-state index contributed by atoms with van der Waals surface area (Å²) in [6, 6.07) is 8.49. The second-order valence-electron chi connectivity index (χ2n) is 7.14. The van der Waals surface area contributed by atoms with Gasteiger partial charge in [0.1, 0.15) is 5.82 Å². The van der Waals surface area contributed by atoms with Crippen LogP contribution in [-0.4, -0.2) is 32.6 Å². The van der Waals surface area contributed by atoms with E-state index in [0.717, 1.165) is 43.9 Å². The molecular weight excluding hydrogens is 322 g/mol. The van der Waals surface area contributed by atoms with Crippen LogP contribution >= 0.6 is 0 Å². The number of imidazole rings is 1. The molecule has 0 bridgehead atoms. The number of nitrogens with zero attached hydrogens (tertiary/aromatic N) is 5. The van der Waals surface area contributed by atoms with Gasteiger partial charge in [0.05, 0.1) is 6.54 Å². The average Bonchev–Trinajstić information content (AvgIpc) is 3.10. The van der Waals surface area contributed by atoms with Crippen molar-refractivity contribution in [3.05, 3.63) is 71.8 Å². The highest BCUT2D eigenvalue weighted by atomic mass is 15.1. The Hall–Kier alpha value is -2.69. The van der Waals surface area contributed by atoms with E-state index in [9.17, 15) is 0 Å². The molecule has 4 heterocycles. The Bertz CT molecular complexity index is 843. The molecule has 4 rings (SSSR count). The van der Waals surface area contributed by atoms with Crippen LogP contribution in [0.3, 0.4) is 0 Å². The fourth-order valence-electron chi connectivity index (χ4n) is 3.89. The van der Waals surface area contributed by atoms with Crippen molar-refractivity contribution in [3.8, 4) is 0 Å². The molecule has 0 aliphatic carbocycles. The van der Waals surface area contributed by atoms with Crippen molar-refractivity contribution in [3.63, 3.8) is 0 Å². The third-order valence-electron chi connectivity index (χ3n) is 5.11. The number of rotatable bonds is 4. The molecule has 0 atom stereocenters. The molecule has 1 aliphatic heterocycles. The van der Waals surface area contributed by atoms with Crippen molar-refractivity contribution in [1.82, 2.24) is 19.5 Å². The first kappa shape index (κ1) is 16.8. The van der Waals surface area contributed by atoms with E-state index < -0.39 is 0 Å². The lowest BCUT2D eigenvalue weighted by molar-refractivity contribution is 0.470. The van der Waals surface area contributed by atoms with Crippen LogP contribution in [0.2, 0.25) is 0 Å². The van der Waals surface area contributed by atoms with Crippen LogP contribution in [0.5, 0.6) is 0 Å². The molecule has 0 unspecified atom stereocenters. The number of pyridine rings is 2. The van der Waals surface area contributed by atoms with Crippen molar-refractivity contribution in [2.24, 2.45) is 0 Å². The summed E-state index contributed by atoms with van der Waals surface area (Å²) >= 11 is 0. The van der Waals surface area contributed by atoms with E-state index in [-0.39, 0.29) is 0 Å². The van der Waals surface area contributed by atoms with E-state index >= 15 is 0 Å². The summed E-state index contributed by atoms with van der Waals surface area (Å²) in [5, 5.41) is 0.